The molecular weight excluding hydrogens is 145 g/mol. The van der Waals surface area contributed by atoms with Gasteiger partial charge >= 0.3 is 0 Å². The molecule has 0 radical (unpaired) electrons. The monoisotopic (exact) mass is 159 g/mol. The predicted octanol–water partition coefficient (Wildman–Crippen LogP) is 1.12. The van der Waals surface area contributed by atoms with E-state index in [1.807, 2.05) is 20.8 Å². The summed E-state index contributed by atoms with van der Waals surface area (Å²) in [6.45, 7) is 6.32. The average molecular weight is 159 g/mol. The van der Waals surface area contributed by atoms with Gasteiger partial charge in [0.05, 0.1) is 0 Å². The van der Waals surface area contributed by atoms with Crippen molar-refractivity contribution in [1.82, 2.24) is 5.32 Å². The fourth-order valence-electron chi connectivity index (χ4n) is 1.34. The van der Waals surface area contributed by atoms with Gasteiger partial charge in [-0.25, -0.2) is 4.39 Å². The summed E-state index contributed by atoms with van der Waals surface area (Å²) in [5.41, 5.74) is -0.126. The zero-order valence-electron chi connectivity index (χ0n) is 7.15. The molecule has 0 aromatic carbocycles. The van der Waals surface area contributed by atoms with Crippen LogP contribution >= 0.6 is 0 Å². The number of hydrogen-bond acceptors (Lipinski definition) is 1. The van der Waals surface area contributed by atoms with E-state index in [-0.39, 0.29) is 11.3 Å². The van der Waals surface area contributed by atoms with Crippen molar-refractivity contribution in [2.45, 2.75) is 26.9 Å². The first-order valence-corrected chi connectivity index (χ1v) is 3.84. The molecule has 11 heavy (non-hydrogen) atoms. The number of hydrogen-bond donors (Lipinski definition) is 1. The lowest BCUT2D eigenvalue weighted by atomic mass is 9.79. The Morgan fingerprint density at radius 3 is 2.27 bits per heavy atom. The van der Waals surface area contributed by atoms with Gasteiger partial charge in [0.2, 0.25) is 0 Å². The van der Waals surface area contributed by atoms with Gasteiger partial charge in [0.1, 0.15) is 0 Å². The summed E-state index contributed by atoms with van der Waals surface area (Å²) in [5.74, 6) is -0.625. The number of halogens is 1. The van der Waals surface area contributed by atoms with Gasteiger partial charge in [-0.3, -0.25) is 4.79 Å². The highest BCUT2D eigenvalue weighted by Crippen LogP contribution is 2.32. The summed E-state index contributed by atoms with van der Waals surface area (Å²) < 4.78 is 13.1. The number of nitrogens with one attached hydrogen (secondary N) is 1. The minimum atomic E-state index is -1.31. The van der Waals surface area contributed by atoms with Crippen LogP contribution in [0.2, 0.25) is 0 Å². The molecule has 1 heterocycles. The van der Waals surface area contributed by atoms with Crippen molar-refractivity contribution in [3.8, 4) is 0 Å². The minimum absolute atomic E-state index is 0.126. The second-order valence-corrected chi connectivity index (χ2v) is 4.12. The molecule has 1 rings (SSSR count). The summed E-state index contributed by atoms with van der Waals surface area (Å²) in [6.07, 6.45) is -1.31. The van der Waals surface area contributed by atoms with E-state index in [4.69, 9.17) is 0 Å². The SMILES string of the molecule is CC(C)(C)[C@H]1CNC(=O)[C@@H]1F. The van der Waals surface area contributed by atoms with Crippen LogP contribution in [0.25, 0.3) is 0 Å². The molecule has 2 atom stereocenters. The van der Waals surface area contributed by atoms with Gasteiger partial charge in [-0.05, 0) is 5.41 Å². The van der Waals surface area contributed by atoms with Crippen LogP contribution in [0.3, 0.4) is 0 Å². The Balaban J connectivity index is 2.70. The summed E-state index contributed by atoms with van der Waals surface area (Å²) in [6, 6.07) is 0. The van der Waals surface area contributed by atoms with Gasteiger partial charge in [-0.2, -0.15) is 0 Å². The molecule has 1 amide bonds. The first kappa shape index (κ1) is 8.50. The van der Waals surface area contributed by atoms with Crippen molar-refractivity contribution in [3.05, 3.63) is 0 Å². The van der Waals surface area contributed by atoms with Crippen LogP contribution in [0, 0.1) is 11.3 Å². The van der Waals surface area contributed by atoms with Crippen LogP contribution in [0.5, 0.6) is 0 Å². The normalized spacial score (nSPS) is 32.2. The van der Waals surface area contributed by atoms with E-state index in [1.54, 1.807) is 0 Å². The molecule has 3 heteroatoms. The smallest absolute Gasteiger partial charge is 0.254 e. The molecule has 1 N–H and O–H groups in total. The molecular formula is C8H14FNO. The highest BCUT2D eigenvalue weighted by atomic mass is 19.1. The Kier molecular flexibility index (Phi) is 1.90. The molecule has 0 unspecified atom stereocenters. The maximum Gasteiger partial charge on any atom is 0.254 e. The zero-order valence-corrected chi connectivity index (χ0v) is 7.15. The molecule has 0 aromatic rings. The van der Waals surface area contributed by atoms with Crippen molar-refractivity contribution >= 4 is 5.91 Å². The molecule has 1 saturated heterocycles. The third-order valence-electron chi connectivity index (χ3n) is 2.21. The minimum Gasteiger partial charge on any atom is -0.353 e. The first-order chi connectivity index (χ1) is 4.93. The van der Waals surface area contributed by atoms with Gasteiger partial charge < -0.3 is 5.32 Å². The molecule has 0 bridgehead atoms. The van der Waals surface area contributed by atoms with Crippen molar-refractivity contribution in [2.24, 2.45) is 11.3 Å². The van der Waals surface area contributed by atoms with Gasteiger partial charge in [-0.1, -0.05) is 20.8 Å². The van der Waals surface area contributed by atoms with E-state index in [1.165, 1.54) is 0 Å². The molecule has 1 fully saturated rings. The molecule has 0 aliphatic carbocycles. The first-order valence-electron chi connectivity index (χ1n) is 3.84. The standard InChI is InChI=1S/C8H14FNO/c1-8(2,3)5-4-10-7(11)6(5)9/h5-6H,4H2,1-3H3,(H,10,11)/t5-,6+/m0/s1. The molecule has 0 aromatic heterocycles. The Hall–Kier alpha value is -0.600. The summed E-state index contributed by atoms with van der Waals surface area (Å²) in [7, 11) is 0. The van der Waals surface area contributed by atoms with E-state index in [0.29, 0.717) is 6.54 Å². The van der Waals surface area contributed by atoms with Crippen molar-refractivity contribution < 1.29 is 9.18 Å². The summed E-state index contributed by atoms with van der Waals surface area (Å²) >= 11 is 0. The largest absolute Gasteiger partial charge is 0.353 e. The fourth-order valence-corrected chi connectivity index (χ4v) is 1.34. The average Bonchev–Trinajstić information content (AvgIpc) is 2.11. The maximum atomic E-state index is 13.1. The van der Waals surface area contributed by atoms with E-state index in [9.17, 15) is 9.18 Å². The van der Waals surface area contributed by atoms with Crippen molar-refractivity contribution in [2.75, 3.05) is 6.54 Å². The Morgan fingerprint density at radius 1 is 1.55 bits per heavy atom. The third-order valence-corrected chi connectivity index (χ3v) is 2.21. The molecule has 1 aliphatic heterocycles. The Bertz CT molecular complexity index is 173. The lowest BCUT2D eigenvalue weighted by Crippen LogP contribution is -2.29. The van der Waals surface area contributed by atoms with Gasteiger partial charge in [-0.15, -0.1) is 0 Å². The van der Waals surface area contributed by atoms with E-state index in [0.717, 1.165) is 0 Å². The topological polar surface area (TPSA) is 29.1 Å². The Labute approximate surface area is 66.2 Å². The zero-order chi connectivity index (χ0) is 8.65. The quantitative estimate of drug-likeness (QED) is 0.563. The van der Waals surface area contributed by atoms with Gasteiger partial charge in [0.25, 0.3) is 5.91 Å². The molecule has 0 spiro atoms. The van der Waals surface area contributed by atoms with E-state index < -0.39 is 12.1 Å². The molecule has 0 saturated carbocycles. The van der Waals surface area contributed by atoms with E-state index in [2.05, 4.69) is 5.32 Å². The van der Waals surface area contributed by atoms with Crippen LogP contribution in [-0.4, -0.2) is 18.6 Å². The van der Waals surface area contributed by atoms with Crippen LogP contribution in [0.4, 0.5) is 4.39 Å². The predicted molar refractivity (Wildman–Crippen MR) is 40.9 cm³/mol. The number of alkyl halides is 1. The van der Waals surface area contributed by atoms with Crippen LogP contribution in [-0.2, 0) is 4.79 Å². The molecule has 2 nitrogen and oxygen atoms in total. The summed E-state index contributed by atoms with van der Waals surface area (Å²) in [5, 5.41) is 2.51. The van der Waals surface area contributed by atoms with Crippen LogP contribution in [0.15, 0.2) is 0 Å². The highest BCUT2D eigenvalue weighted by Gasteiger charge is 2.41. The van der Waals surface area contributed by atoms with Crippen LogP contribution < -0.4 is 5.32 Å². The van der Waals surface area contributed by atoms with Crippen molar-refractivity contribution in [3.63, 3.8) is 0 Å². The van der Waals surface area contributed by atoms with E-state index >= 15 is 0 Å². The van der Waals surface area contributed by atoms with Crippen molar-refractivity contribution in [1.29, 1.82) is 0 Å². The number of rotatable bonds is 0. The van der Waals surface area contributed by atoms with Gasteiger partial charge in [0, 0.05) is 12.5 Å². The highest BCUT2D eigenvalue weighted by molar-refractivity contribution is 5.83. The fraction of sp³-hybridized carbons (Fsp3) is 0.875. The molecule has 64 valence electrons. The number of amides is 1. The summed E-state index contributed by atoms with van der Waals surface area (Å²) in [4.78, 5) is 10.7. The number of carbonyl (C=O) groups is 1. The van der Waals surface area contributed by atoms with Gasteiger partial charge in [0.15, 0.2) is 6.17 Å². The van der Waals surface area contributed by atoms with Crippen LogP contribution in [0.1, 0.15) is 20.8 Å². The number of carbonyl (C=O) groups excluding carboxylic acids is 1. The Morgan fingerprint density at radius 2 is 2.09 bits per heavy atom. The third kappa shape index (κ3) is 1.52. The maximum absolute atomic E-state index is 13.1. The lowest BCUT2D eigenvalue weighted by molar-refractivity contribution is -0.124. The lowest BCUT2D eigenvalue weighted by Gasteiger charge is -2.26. The molecule has 1 aliphatic rings. The second-order valence-electron chi connectivity index (χ2n) is 4.12. The second kappa shape index (κ2) is 2.47.